The van der Waals surface area contributed by atoms with Crippen LogP contribution in [-0.4, -0.2) is 72.0 Å². The molecule has 3 amide bonds. The second-order valence-corrected chi connectivity index (χ2v) is 11.3. The van der Waals surface area contributed by atoms with Crippen molar-refractivity contribution in [2.24, 2.45) is 10.7 Å². The molecular weight excluding hydrogens is 577 g/mol. The molecule has 2 atom stereocenters. The quantitative estimate of drug-likeness (QED) is 0.380. The third kappa shape index (κ3) is 6.04. The lowest BCUT2D eigenvalue weighted by Gasteiger charge is -2.38. The minimum Gasteiger partial charge on any atom is -0.497 e. The van der Waals surface area contributed by atoms with Gasteiger partial charge in [-0.1, -0.05) is 47.5 Å². The summed E-state index contributed by atoms with van der Waals surface area (Å²) >= 11 is 12.5. The Morgan fingerprint density at radius 1 is 1.00 bits per heavy atom. The summed E-state index contributed by atoms with van der Waals surface area (Å²) in [5.41, 5.74) is 8.07. The van der Waals surface area contributed by atoms with E-state index in [1.165, 1.54) is 4.90 Å². The number of amides is 3. The van der Waals surface area contributed by atoms with Crippen LogP contribution in [0.25, 0.3) is 0 Å². The van der Waals surface area contributed by atoms with Crippen molar-refractivity contribution >= 4 is 41.0 Å². The maximum Gasteiger partial charge on any atom is 0.326 e. The first-order chi connectivity index (χ1) is 20.2. The average Bonchev–Trinajstić information content (AvgIpc) is 3.37. The van der Waals surface area contributed by atoms with Gasteiger partial charge in [-0.05, 0) is 61.4 Å². The fourth-order valence-corrected chi connectivity index (χ4v) is 5.49. The monoisotopic (exact) mass is 609 g/mol. The number of hydrogen-bond donors (Lipinski definition) is 1. The molecule has 0 spiro atoms. The fraction of sp³-hybridized carbons (Fsp3) is 0.323. The number of urea groups is 1. The molecule has 0 aromatic heterocycles. The Hall–Kier alpha value is -3.79. The zero-order valence-corrected chi connectivity index (χ0v) is 25.2. The molecule has 0 bridgehead atoms. The number of carbonyl (C=O) groups excluding carboxylic acids is 2. The van der Waals surface area contributed by atoms with E-state index in [4.69, 9.17) is 43.4 Å². The molecule has 2 heterocycles. The van der Waals surface area contributed by atoms with Crippen molar-refractivity contribution in [1.82, 2.24) is 14.7 Å². The molecule has 3 aromatic carbocycles. The van der Waals surface area contributed by atoms with Gasteiger partial charge in [0.2, 0.25) is 5.91 Å². The Balaban J connectivity index is 1.68. The Bertz CT molecular complexity index is 1480. The fourth-order valence-electron chi connectivity index (χ4n) is 5.24. The van der Waals surface area contributed by atoms with Gasteiger partial charge in [0.25, 0.3) is 0 Å². The van der Waals surface area contributed by atoms with E-state index in [1.54, 1.807) is 47.2 Å². The Labute approximate surface area is 255 Å². The highest BCUT2D eigenvalue weighted by molar-refractivity contribution is 6.30. The van der Waals surface area contributed by atoms with Gasteiger partial charge in [-0.15, -0.1) is 0 Å². The minimum atomic E-state index is -0.553. The van der Waals surface area contributed by atoms with Crippen LogP contribution in [0, 0.1) is 0 Å². The molecule has 1 saturated heterocycles. The first kappa shape index (κ1) is 29.7. The number of piperazine rings is 1. The molecule has 5 rings (SSSR count). The largest absolute Gasteiger partial charge is 0.497 e. The van der Waals surface area contributed by atoms with Crippen LogP contribution in [0.5, 0.6) is 11.5 Å². The van der Waals surface area contributed by atoms with Gasteiger partial charge in [0.1, 0.15) is 29.9 Å². The number of amidine groups is 1. The number of carbonyl (C=O) groups is 2. The van der Waals surface area contributed by atoms with Gasteiger partial charge in [0, 0.05) is 29.2 Å². The highest BCUT2D eigenvalue weighted by atomic mass is 35.5. The lowest BCUT2D eigenvalue weighted by atomic mass is 9.93. The van der Waals surface area contributed by atoms with Crippen LogP contribution in [0.1, 0.15) is 42.6 Å². The molecule has 3 aromatic rings. The molecule has 2 unspecified atom stereocenters. The summed E-state index contributed by atoms with van der Waals surface area (Å²) in [4.78, 5) is 37.3. The van der Waals surface area contributed by atoms with Crippen LogP contribution in [0.4, 0.5) is 4.79 Å². The maximum absolute atomic E-state index is 14.5. The molecule has 2 aliphatic heterocycles. The van der Waals surface area contributed by atoms with Crippen molar-refractivity contribution in [3.05, 3.63) is 93.5 Å². The third-order valence-corrected chi connectivity index (χ3v) is 7.80. The van der Waals surface area contributed by atoms with E-state index >= 15 is 0 Å². The normalized spacial score (nSPS) is 18.9. The molecule has 220 valence electrons. The predicted octanol–water partition coefficient (Wildman–Crippen LogP) is 5.51. The van der Waals surface area contributed by atoms with Gasteiger partial charge in [0.15, 0.2) is 0 Å². The van der Waals surface area contributed by atoms with Crippen LogP contribution >= 0.6 is 23.2 Å². The van der Waals surface area contributed by atoms with Crippen molar-refractivity contribution in [2.45, 2.75) is 32.0 Å². The Morgan fingerprint density at radius 2 is 1.64 bits per heavy atom. The molecule has 42 heavy (non-hydrogen) atoms. The molecule has 9 nitrogen and oxygen atoms in total. The van der Waals surface area contributed by atoms with Crippen molar-refractivity contribution < 1.29 is 19.1 Å². The van der Waals surface area contributed by atoms with Gasteiger partial charge in [0.05, 0.1) is 31.5 Å². The zero-order chi connectivity index (χ0) is 30.0. The lowest BCUT2D eigenvalue weighted by molar-refractivity contribution is -0.134. The number of hydrogen-bond acceptors (Lipinski definition) is 6. The van der Waals surface area contributed by atoms with E-state index < -0.39 is 12.1 Å². The van der Waals surface area contributed by atoms with Gasteiger partial charge in [-0.25, -0.2) is 4.79 Å². The van der Waals surface area contributed by atoms with Crippen LogP contribution in [0.3, 0.4) is 0 Å². The second kappa shape index (κ2) is 12.6. The highest BCUT2D eigenvalue weighted by Crippen LogP contribution is 2.46. The van der Waals surface area contributed by atoms with Crippen LogP contribution < -0.4 is 15.2 Å². The van der Waals surface area contributed by atoms with Crippen molar-refractivity contribution in [1.29, 1.82) is 0 Å². The number of ether oxygens (including phenoxy) is 2. The summed E-state index contributed by atoms with van der Waals surface area (Å²) in [7, 11) is 1.59. The van der Waals surface area contributed by atoms with Gasteiger partial charge in [-0.3, -0.25) is 14.7 Å². The molecule has 2 N–H and O–H groups in total. The van der Waals surface area contributed by atoms with Crippen LogP contribution in [0.2, 0.25) is 10.0 Å². The van der Waals surface area contributed by atoms with E-state index in [0.29, 0.717) is 46.0 Å². The first-order valence-corrected chi connectivity index (χ1v) is 14.5. The SMILES string of the molecule is COc1ccc(C2=NC(c3ccc(Cl)cc3)C(c3ccc(Cl)cc3)N2C(=O)N2CCN(CN)C(=O)C2)c(OC(C)C)c1. The zero-order valence-electron chi connectivity index (χ0n) is 23.7. The number of aliphatic imine (C=N–C) groups is 1. The molecule has 0 aliphatic carbocycles. The highest BCUT2D eigenvalue weighted by Gasteiger charge is 2.45. The van der Waals surface area contributed by atoms with Crippen LogP contribution in [0.15, 0.2) is 71.7 Å². The summed E-state index contributed by atoms with van der Waals surface area (Å²) in [5, 5.41) is 1.17. The number of methoxy groups -OCH3 is 1. The van der Waals surface area contributed by atoms with E-state index in [2.05, 4.69) is 0 Å². The number of nitrogens with two attached hydrogens (primary N) is 1. The molecule has 2 aliphatic rings. The van der Waals surface area contributed by atoms with Crippen molar-refractivity contribution in [2.75, 3.05) is 33.4 Å². The third-order valence-electron chi connectivity index (χ3n) is 7.30. The number of benzene rings is 3. The number of rotatable bonds is 7. The summed E-state index contributed by atoms with van der Waals surface area (Å²) in [6.45, 7) is 4.55. The van der Waals surface area contributed by atoms with E-state index in [1.807, 2.05) is 50.2 Å². The summed E-state index contributed by atoms with van der Waals surface area (Å²) in [5.74, 6) is 1.35. The first-order valence-electron chi connectivity index (χ1n) is 13.7. The summed E-state index contributed by atoms with van der Waals surface area (Å²) in [6, 6.07) is 18.9. The second-order valence-electron chi connectivity index (χ2n) is 10.4. The van der Waals surface area contributed by atoms with Gasteiger partial charge in [-0.2, -0.15) is 0 Å². The number of nitrogens with zero attached hydrogens (tertiary/aromatic N) is 4. The predicted molar refractivity (Wildman–Crippen MR) is 163 cm³/mol. The molecule has 1 fully saturated rings. The Kier molecular flexibility index (Phi) is 8.91. The van der Waals surface area contributed by atoms with E-state index in [-0.39, 0.29) is 31.3 Å². The smallest absolute Gasteiger partial charge is 0.326 e. The average molecular weight is 611 g/mol. The molecule has 11 heteroatoms. The standard InChI is InChI=1S/C31H33Cl2N5O4/c1-19(2)42-26-16-24(41-3)12-13-25(26)30-35-28(20-4-8-22(32)9-5-20)29(21-6-10-23(33)11-7-21)38(30)31(40)36-14-15-37(18-34)27(39)17-36/h4-13,16,19,28-29H,14-15,17-18,34H2,1-3H3. The number of halogens is 2. The lowest BCUT2D eigenvalue weighted by Crippen LogP contribution is -2.57. The molecule has 0 radical (unpaired) electrons. The topological polar surface area (TPSA) is 101 Å². The van der Waals surface area contributed by atoms with Crippen LogP contribution in [-0.2, 0) is 4.79 Å². The van der Waals surface area contributed by atoms with Crippen molar-refractivity contribution in [3.8, 4) is 11.5 Å². The van der Waals surface area contributed by atoms with Gasteiger partial charge < -0.3 is 25.0 Å². The summed E-state index contributed by atoms with van der Waals surface area (Å²) in [6.07, 6.45) is -0.150. The minimum absolute atomic E-state index is 0.0866. The van der Waals surface area contributed by atoms with Crippen molar-refractivity contribution in [3.63, 3.8) is 0 Å². The Morgan fingerprint density at radius 3 is 2.21 bits per heavy atom. The van der Waals surface area contributed by atoms with E-state index in [0.717, 1.165) is 11.1 Å². The molecular formula is C31H33Cl2N5O4. The van der Waals surface area contributed by atoms with E-state index in [9.17, 15) is 9.59 Å². The molecule has 0 saturated carbocycles. The maximum atomic E-state index is 14.5. The summed E-state index contributed by atoms with van der Waals surface area (Å²) < 4.78 is 11.7. The van der Waals surface area contributed by atoms with Gasteiger partial charge >= 0.3 is 6.03 Å².